The Kier molecular flexibility index (Phi) is 5.35. The zero-order valence-corrected chi connectivity index (χ0v) is 15.9. The molecule has 2 aromatic carbocycles. The smallest absolute Gasteiger partial charge is 0.128 e. The van der Waals surface area contributed by atoms with Crippen LogP contribution in [0.5, 0.6) is 5.75 Å². The lowest BCUT2D eigenvalue weighted by atomic mass is 10.0. The molecule has 0 saturated heterocycles. The number of nitrogens with zero attached hydrogens (tertiary/aromatic N) is 3. The molecule has 0 bridgehead atoms. The number of pyridine rings is 1. The van der Waals surface area contributed by atoms with Crippen LogP contribution in [0.3, 0.4) is 0 Å². The monoisotopic (exact) mass is 373 g/mol. The highest BCUT2D eigenvalue weighted by molar-refractivity contribution is 5.88. The van der Waals surface area contributed by atoms with Crippen molar-refractivity contribution in [3.63, 3.8) is 0 Å². The molecule has 0 atom stereocenters. The Morgan fingerprint density at radius 1 is 1.11 bits per heavy atom. The van der Waals surface area contributed by atoms with E-state index in [-0.39, 0.29) is 6.61 Å². The number of aryl methyl sites for hydroxylation is 2. The van der Waals surface area contributed by atoms with Gasteiger partial charge in [-0.2, -0.15) is 0 Å². The van der Waals surface area contributed by atoms with Gasteiger partial charge in [0.2, 0.25) is 0 Å². The molecule has 4 aromatic rings. The van der Waals surface area contributed by atoms with Crippen molar-refractivity contribution in [2.75, 3.05) is 6.61 Å². The molecule has 0 radical (unpaired) electrons. The number of benzene rings is 2. The number of rotatable bonds is 7. The fourth-order valence-corrected chi connectivity index (χ4v) is 3.40. The van der Waals surface area contributed by atoms with E-state index in [9.17, 15) is 5.11 Å². The summed E-state index contributed by atoms with van der Waals surface area (Å²) in [6, 6.07) is 16.0. The number of hydrogen-bond donors (Lipinski definition) is 1. The Hall–Kier alpha value is -3.18. The Balaban J connectivity index is 1.60. The summed E-state index contributed by atoms with van der Waals surface area (Å²) in [7, 11) is 0. The van der Waals surface area contributed by atoms with E-state index in [4.69, 9.17) is 9.72 Å². The van der Waals surface area contributed by atoms with Crippen LogP contribution in [0.4, 0.5) is 0 Å². The van der Waals surface area contributed by atoms with Crippen LogP contribution in [-0.4, -0.2) is 26.2 Å². The van der Waals surface area contributed by atoms with E-state index in [1.165, 1.54) is 0 Å². The summed E-state index contributed by atoms with van der Waals surface area (Å²) in [5, 5.41) is 10.8. The molecule has 0 aliphatic heterocycles. The molecule has 0 saturated carbocycles. The van der Waals surface area contributed by atoms with Gasteiger partial charge in [0.15, 0.2) is 0 Å². The third-order valence-corrected chi connectivity index (χ3v) is 4.84. The number of imidazole rings is 1. The Morgan fingerprint density at radius 2 is 2.00 bits per heavy atom. The van der Waals surface area contributed by atoms with E-state index in [1.807, 2.05) is 59.6 Å². The highest BCUT2D eigenvalue weighted by atomic mass is 16.5. The number of aliphatic hydroxyl groups excluding tert-OH is 1. The standard InChI is InChI=1S/C23H23N3O2/c1-17-14-21(25-23-18(15-27)6-4-8-19(17)23)20-7-2-3-9-22(20)28-13-5-11-26-12-10-24-16-26/h2-4,6-10,12,14,16,27H,5,11,13,15H2,1H3. The predicted molar refractivity (Wildman–Crippen MR) is 110 cm³/mol. The number of hydrogen-bond acceptors (Lipinski definition) is 4. The first-order valence-corrected chi connectivity index (χ1v) is 9.44. The van der Waals surface area contributed by atoms with Crippen molar-refractivity contribution in [3.05, 3.63) is 78.4 Å². The number of para-hydroxylation sites is 2. The van der Waals surface area contributed by atoms with Gasteiger partial charge in [-0.05, 0) is 37.1 Å². The highest BCUT2D eigenvalue weighted by Gasteiger charge is 2.12. The minimum absolute atomic E-state index is 0.0281. The maximum atomic E-state index is 9.69. The summed E-state index contributed by atoms with van der Waals surface area (Å²) in [6.07, 6.45) is 6.44. The van der Waals surface area contributed by atoms with Gasteiger partial charge in [0.05, 0.1) is 30.8 Å². The van der Waals surface area contributed by atoms with E-state index in [1.54, 1.807) is 6.20 Å². The van der Waals surface area contributed by atoms with E-state index in [0.29, 0.717) is 6.61 Å². The zero-order valence-electron chi connectivity index (χ0n) is 15.9. The molecule has 0 aliphatic rings. The second-order valence-electron chi connectivity index (χ2n) is 6.79. The minimum Gasteiger partial charge on any atom is -0.493 e. The number of aromatic nitrogens is 3. The maximum Gasteiger partial charge on any atom is 0.128 e. The molecule has 5 nitrogen and oxygen atoms in total. The fraction of sp³-hybridized carbons (Fsp3) is 0.217. The minimum atomic E-state index is -0.0281. The van der Waals surface area contributed by atoms with E-state index >= 15 is 0 Å². The Morgan fingerprint density at radius 3 is 2.82 bits per heavy atom. The second-order valence-corrected chi connectivity index (χ2v) is 6.79. The molecule has 0 amide bonds. The van der Waals surface area contributed by atoms with Crippen LogP contribution in [0.2, 0.25) is 0 Å². The molecule has 28 heavy (non-hydrogen) atoms. The molecule has 5 heteroatoms. The van der Waals surface area contributed by atoms with Crippen molar-refractivity contribution < 1.29 is 9.84 Å². The van der Waals surface area contributed by atoms with Crippen molar-refractivity contribution in [2.45, 2.75) is 26.5 Å². The average molecular weight is 373 g/mol. The molecule has 2 aromatic heterocycles. The molecule has 0 fully saturated rings. The SMILES string of the molecule is Cc1cc(-c2ccccc2OCCCn2ccnc2)nc2c(CO)cccc12. The summed E-state index contributed by atoms with van der Waals surface area (Å²) in [6.45, 7) is 3.53. The maximum absolute atomic E-state index is 9.69. The summed E-state index contributed by atoms with van der Waals surface area (Å²) < 4.78 is 8.12. The van der Waals surface area contributed by atoms with Crippen molar-refractivity contribution in [3.8, 4) is 17.0 Å². The highest BCUT2D eigenvalue weighted by Crippen LogP contribution is 2.32. The normalized spacial score (nSPS) is 11.1. The van der Waals surface area contributed by atoms with Crippen molar-refractivity contribution in [1.82, 2.24) is 14.5 Å². The van der Waals surface area contributed by atoms with E-state index in [0.717, 1.165) is 52.0 Å². The number of ether oxygens (including phenoxy) is 1. The fourth-order valence-electron chi connectivity index (χ4n) is 3.40. The molecule has 0 aliphatic carbocycles. The summed E-state index contributed by atoms with van der Waals surface area (Å²) in [5.41, 5.74) is 4.63. The topological polar surface area (TPSA) is 60.2 Å². The van der Waals surface area contributed by atoms with Crippen LogP contribution in [-0.2, 0) is 13.2 Å². The summed E-state index contributed by atoms with van der Waals surface area (Å²) in [5.74, 6) is 0.820. The van der Waals surface area contributed by atoms with Crippen LogP contribution in [0, 0.1) is 6.92 Å². The molecule has 4 rings (SSSR count). The van der Waals surface area contributed by atoms with Crippen LogP contribution < -0.4 is 4.74 Å². The van der Waals surface area contributed by atoms with Gasteiger partial charge in [-0.1, -0.05) is 30.3 Å². The van der Waals surface area contributed by atoms with Gasteiger partial charge in [-0.25, -0.2) is 9.97 Å². The Bertz CT molecular complexity index is 1070. The molecule has 1 N–H and O–H groups in total. The van der Waals surface area contributed by atoms with Gasteiger partial charge >= 0.3 is 0 Å². The van der Waals surface area contributed by atoms with Crippen molar-refractivity contribution in [2.24, 2.45) is 0 Å². The third kappa shape index (κ3) is 3.75. The summed E-state index contributed by atoms with van der Waals surface area (Å²) >= 11 is 0. The second kappa shape index (κ2) is 8.23. The van der Waals surface area contributed by atoms with Gasteiger partial charge in [0.1, 0.15) is 5.75 Å². The van der Waals surface area contributed by atoms with Crippen molar-refractivity contribution in [1.29, 1.82) is 0 Å². The lowest BCUT2D eigenvalue weighted by Gasteiger charge is -2.14. The molecule has 0 unspecified atom stereocenters. The third-order valence-electron chi connectivity index (χ3n) is 4.84. The van der Waals surface area contributed by atoms with E-state index in [2.05, 4.69) is 18.0 Å². The average Bonchev–Trinajstić information content (AvgIpc) is 3.24. The number of fused-ring (bicyclic) bond motifs is 1. The zero-order chi connectivity index (χ0) is 19.3. The molecule has 142 valence electrons. The van der Waals surface area contributed by atoms with Crippen molar-refractivity contribution >= 4 is 10.9 Å². The Labute approximate surface area is 164 Å². The molecular weight excluding hydrogens is 350 g/mol. The predicted octanol–water partition coefficient (Wildman–Crippen LogP) is 4.37. The molecular formula is C23H23N3O2. The van der Waals surface area contributed by atoms with E-state index < -0.39 is 0 Å². The van der Waals surface area contributed by atoms with Gasteiger partial charge in [0, 0.05) is 35.5 Å². The number of aliphatic hydroxyl groups is 1. The van der Waals surface area contributed by atoms with Crippen LogP contribution in [0.15, 0.2) is 67.3 Å². The quantitative estimate of drug-likeness (QED) is 0.489. The van der Waals surface area contributed by atoms with Gasteiger partial charge in [0.25, 0.3) is 0 Å². The van der Waals surface area contributed by atoms with Gasteiger partial charge in [-0.15, -0.1) is 0 Å². The molecule has 2 heterocycles. The lowest BCUT2D eigenvalue weighted by Crippen LogP contribution is -2.04. The first-order valence-electron chi connectivity index (χ1n) is 9.44. The van der Waals surface area contributed by atoms with Gasteiger partial charge in [-0.3, -0.25) is 0 Å². The van der Waals surface area contributed by atoms with Gasteiger partial charge < -0.3 is 14.4 Å². The molecule has 0 spiro atoms. The van der Waals surface area contributed by atoms with Crippen LogP contribution in [0.25, 0.3) is 22.2 Å². The largest absolute Gasteiger partial charge is 0.493 e. The first-order chi connectivity index (χ1) is 13.8. The first kappa shape index (κ1) is 18.2. The van der Waals surface area contributed by atoms with Crippen LogP contribution >= 0.6 is 0 Å². The lowest BCUT2D eigenvalue weighted by molar-refractivity contribution is 0.283. The summed E-state index contributed by atoms with van der Waals surface area (Å²) in [4.78, 5) is 8.91. The van der Waals surface area contributed by atoms with Crippen LogP contribution in [0.1, 0.15) is 17.5 Å².